The van der Waals surface area contributed by atoms with E-state index in [0.717, 1.165) is 22.9 Å². The monoisotopic (exact) mass is 313 g/mol. The van der Waals surface area contributed by atoms with Gasteiger partial charge in [0.1, 0.15) is 5.84 Å². The lowest BCUT2D eigenvalue weighted by Crippen LogP contribution is -2.17. The Hall–Kier alpha value is -0.920. The van der Waals surface area contributed by atoms with Crippen LogP contribution in [-0.2, 0) is 5.75 Å². The maximum atomic E-state index is 10.4. The summed E-state index contributed by atoms with van der Waals surface area (Å²) in [4.78, 5) is 21.0. The molecule has 1 heterocycles. The molecular formula is C9H17Cl2N5OS. The Kier molecular flexibility index (Phi) is 10.8. The van der Waals surface area contributed by atoms with Gasteiger partial charge in [-0.25, -0.2) is 9.78 Å². The minimum Gasteiger partial charge on any atom is -0.387 e. The first kappa shape index (κ1) is 19.4. The average Bonchev–Trinajstić information content (AvgIpc) is 2.58. The number of primary amides is 1. The second-order valence-electron chi connectivity index (χ2n) is 3.22. The SMILES string of the molecule is Cc1[nH]cnc1CSCC/C(N)=N/C(N)=O.Cl.Cl. The number of hydrogen-bond donors (Lipinski definition) is 3. The van der Waals surface area contributed by atoms with Gasteiger partial charge in [0.05, 0.1) is 12.0 Å². The third kappa shape index (κ3) is 7.41. The van der Waals surface area contributed by atoms with Crippen LogP contribution in [-0.4, -0.2) is 27.6 Å². The first-order valence-electron chi connectivity index (χ1n) is 4.78. The number of urea groups is 1. The minimum atomic E-state index is -0.745. The van der Waals surface area contributed by atoms with E-state index in [-0.39, 0.29) is 30.6 Å². The Morgan fingerprint density at radius 1 is 1.50 bits per heavy atom. The van der Waals surface area contributed by atoms with Crippen LogP contribution in [0.5, 0.6) is 0 Å². The maximum absolute atomic E-state index is 10.4. The van der Waals surface area contributed by atoms with Crippen molar-refractivity contribution in [1.29, 1.82) is 0 Å². The van der Waals surface area contributed by atoms with E-state index in [4.69, 9.17) is 11.5 Å². The Balaban J connectivity index is 0. The minimum absolute atomic E-state index is 0. The molecule has 0 saturated carbocycles. The third-order valence-electron chi connectivity index (χ3n) is 1.93. The van der Waals surface area contributed by atoms with Gasteiger partial charge in [-0.2, -0.15) is 16.8 Å². The first-order valence-corrected chi connectivity index (χ1v) is 5.94. The van der Waals surface area contributed by atoms with Crippen LogP contribution in [0.4, 0.5) is 4.79 Å². The standard InChI is InChI=1S/C9H15N5OS.2ClH/c1-6-7(13-5-12-6)4-16-3-2-8(10)14-9(11)15;;/h5H,2-4H2,1H3,(H,12,13)(H4,10,11,14,15);2*1H. The van der Waals surface area contributed by atoms with E-state index in [1.165, 1.54) is 0 Å². The summed E-state index contributed by atoms with van der Waals surface area (Å²) in [6.07, 6.45) is 2.23. The largest absolute Gasteiger partial charge is 0.387 e. The molecule has 1 aromatic heterocycles. The van der Waals surface area contributed by atoms with Crippen molar-refractivity contribution in [3.8, 4) is 0 Å². The average molecular weight is 314 g/mol. The van der Waals surface area contributed by atoms with Crippen molar-refractivity contribution < 1.29 is 4.79 Å². The summed E-state index contributed by atoms with van der Waals surface area (Å²) >= 11 is 1.69. The van der Waals surface area contributed by atoms with Crippen LogP contribution in [0.25, 0.3) is 0 Å². The molecule has 18 heavy (non-hydrogen) atoms. The first-order chi connectivity index (χ1) is 7.59. The molecule has 1 aromatic rings. The number of nitrogens with one attached hydrogen (secondary N) is 1. The molecule has 6 nitrogen and oxygen atoms in total. The van der Waals surface area contributed by atoms with Crippen molar-refractivity contribution in [1.82, 2.24) is 9.97 Å². The van der Waals surface area contributed by atoms with Gasteiger partial charge in [-0.15, -0.1) is 24.8 Å². The number of halogens is 2. The highest BCUT2D eigenvalue weighted by Gasteiger charge is 2.01. The Morgan fingerprint density at radius 3 is 2.67 bits per heavy atom. The van der Waals surface area contributed by atoms with Crippen molar-refractivity contribution in [2.45, 2.75) is 19.1 Å². The van der Waals surface area contributed by atoms with Crippen molar-refractivity contribution in [2.75, 3.05) is 5.75 Å². The molecule has 104 valence electrons. The summed E-state index contributed by atoms with van der Waals surface area (Å²) in [7, 11) is 0. The molecule has 0 bridgehead atoms. The molecule has 0 fully saturated rings. The van der Waals surface area contributed by atoms with Crippen LogP contribution in [0.1, 0.15) is 17.8 Å². The molecule has 0 aromatic carbocycles. The zero-order valence-corrected chi connectivity index (χ0v) is 12.3. The number of amides is 2. The Morgan fingerprint density at radius 2 is 2.17 bits per heavy atom. The second-order valence-corrected chi connectivity index (χ2v) is 4.32. The van der Waals surface area contributed by atoms with Gasteiger partial charge in [-0.3, -0.25) is 0 Å². The second kappa shape index (κ2) is 10.0. The highest BCUT2D eigenvalue weighted by molar-refractivity contribution is 7.98. The zero-order chi connectivity index (χ0) is 12.0. The lowest BCUT2D eigenvalue weighted by atomic mass is 10.4. The van der Waals surface area contributed by atoms with Crippen LogP contribution in [0.3, 0.4) is 0 Å². The van der Waals surface area contributed by atoms with E-state index in [1.54, 1.807) is 18.1 Å². The fourth-order valence-electron chi connectivity index (χ4n) is 1.08. The smallest absolute Gasteiger partial charge is 0.339 e. The molecule has 0 atom stereocenters. The number of H-pyrrole nitrogens is 1. The number of imidazole rings is 1. The molecule has 0 radical (unpaired) electrons. The highest BCUT2D eigenvalue weighted by Crippen LogP contribution is 2.13. The van der Waals surface area contributed by atoms with E-state index in [1.807, 2.05) is 6.92 Å². The van der Waals surface area contributed by atoms with E-state index in [0.29, 0.717) is 6.42 Å². The van der Waals surface area contributed by atoms with Crippen LogP contribution >= 0.6 is 36.6 Å². The number of aliphatic imine (C=N–C) groups is 1. The predicted molar refractivity (Wildman–Crippen MR) is 79.8 cm³/mol. The number of nitrogens with zero attached hydrogens (tertiary/aromatic N) is 2. The molecule has 2 amide bonds. The van der Waals surface area contributed by atoms with E-state index in [9.17, 15) is 4.79 Å². The quantitative estimate of drug-likeness (QED) is 0.436. The number of carbonyl (C=O) groups is 1. The molecule has 0 aliphatic carbocycles. The van der Waals surface area contributed by atoms with Crippen molar-refractivity contribution in [3.05, 3.63) is 17.7 Å². The third-order valence-corrected chi connectivity index (χ3v) is 2.90. The number of aromatic amines is 1. The van der Waals surface area contributed by atoms with Gasteiger partial charge in [0.15, 0.2) is 0 Å². The van der Waals surface area contributed by atoms with Crippen LogP contribution < -0.4 is 11.5 Å². The van der Waals surface area contributed by atoms with Crippen molar-refractivity contribution in [2.24, 2.45) is 16.5 Å². The van der Waals surface area contributed by atoms with Gasteiger partial charge in [0.2, 0.25) is 0 Å². The summed E-state index contributed by atoms with van der Waals surface area (Å²) in [5.74, 6) is 1.88. The van der Waals surface area contributed by atoms with Crippen LogP contribution in [0.2, 0.25) is 0 Å². The van der Waals surface area contributed by atoms with Gasteiger partial charge >= 0.3 is 6.03 Å². The fraction of sp³-hybridized carbons (Fsp3) is 0.444. The number of nitrogens with two attached hydrogens (primary N) is 2. The highest BCUT2D eigenvalue weighted by atomic mass is 35.5. The number of amidine groups is 1. The number of aromatic nitrogens is 2. The molecule has 0 saturated heterocycles. The van der Waals surface area contributed by atoms with Crippen molar-refractivity contribution >= 4 is 48.4 Å². The molecule has 1 rings (SSSR count). The van der Waals surface area contributed by atoms with Gasteiger partial charge in [0, 0.05) is 23.6 Å². The van der Waals surface area contributed by atoms with Crippen LogP contribution in [0, 0.1) is 6.92 Å². The Labute approximate surface area is 122 Å². The van der Waals surface area contributed by atoms with E-state index in [2.05, 4.69) is 15.0 Å². The molecule has 0 unspecified atom stereocenters. The molecule has 0 aliphatic heterocycles. The van der Waals surface area contributed by atoms with Crippen molar-refractivity contribution in [3.63, 3.8) is 0 Å². The normalized spacial score (nSPS) is 10.4. The number of aryl methyl sites for hydroxylation is 1. The van der Waals surface area contributed by atoms with E-state index < -0.39 is 6.03 Å². The van der Waals surface area contributed by atoms with Gasteiger partial charge in [-0.05, 0) is 6.92 Å². The lowest BCUT2D eigenvalue weighted by Gasteiger charge is -2.00. The summed E-state index contributed by atoms with van der Waals surface area (Å²) in [5.41, 5.74) is 12.5. The molecule has 0 spiro atoms. The summed E-state index contributed by atoms with van der Waals surface area (Å²) in [6.45, 7) is 1.98. The Bertz CT molecular complexity index is 396. The molecule has 9 heteroatoms. The zero-order valence-electron chi connectivity index (χ0n) is 9.88. The van der Waals surface area contributed by atoms with Gasteiger partial charge < -0.3 is 16.5 Å². The number of rotatable bonds is 5. The summed E-state index contributed by atoms with van der Waals surface area (Å²) in [6, 6.07) is -0.745. The predicted octanol–water partition coefficient (Wildman–Crippen LogP) is 1.62. The van der Waals surface area contributed by atoms with E-state index >= 15 is 0 Å². The topological polar surface area (TPSA) is 110 Å². The molecular weight excluding hydrogens is 297 g/mol. The molecule has 0 aliphatic rings. The lowest BCUT2D eigenvalue weighted by molar-refractivity contribution is 0.256. The summed E-state index contributed by atoms with van der Waals surface area (Å²) < 4.78 is 0. The van der Waals surface area contributed by atoms with Gasteiger partial charge in [0.25, 0.3) is 0 Å². The number of carbonyl (C=O) groups excluding carboxylic acids is 1. The maximum Gasteiger partial charge on any atom is 0.339 e. The van der Waals surface area contributed by atoms with Crippen LogP contribution in [0.15, 0.2) is 11.3 Å². The summed E-state index contributed by atoms with van der Waals surface area (Å²) in [5, 5.41) is 0. The van der Waals surface area contributed by atoms with Gasteiger partial charge in [-0.1, -0.05) is 0 Å². The fourth-order valence-corrected chi connectivity index (χ4v) is 2.06. The number of thioether (sulfide) groups is 1. The number of hydrogen-bond acceptors (Lipinski definition) is 3. The molecule has 5 N–H and O–H groups in total.